The summed E-state index contributed by atoms with van der Waals surface area (Å²) >= 11 is 0. The van der Waals surface area contributed by atoms with Crippen molar-refractivity contribution in [1.82, 2.24) is 0 Å². The van der Waals surface area contributed by atoms with Crippen molar-refractivity contribution in [2.24, 2.45) is 0 Å². The van der Waals surface area contributed by atoms with Crippen molar-refractivity contribution in [3.8, 4) is 5.75 Å². The van der Waals surface area contributed by atoms with Gasteiger partial charge in [0.2, 0.25) is 0 Å². The number of aryl methyl sites for hydroxylation is 1. The second kappa shape index (κ2) is 6.75. The lowest BCUT2D eigenvalue weighted by atomic mass is 10.1. The summed E-state index contributed by atoms with van der Waals surface area (Å²) in [7, 11) is 1.61. The zero-order valence-electron chi connectivity index (χ0n) is 11.8. The lowest BCUT2D eigenvalue weighted by Gasteiger charge is -2.09. The fraction of sp³-hybridized carbons (Fsp3) is 0.235. The number of ether oxygens (including phenoxy) is 2. The highest BCUT2D eigenvalue weighted by atomic mass is 16.5. The molecule has 3 heteroatoms. The van der Waals surface area contributed by atoms with Crippen LogP contribution in [0, 0.1) is 6.92 Å². The summed E-state index contributed by atoms with van der Waals surface area (Å²) in [6, 6.07) is 15.3. The van der Waals surface area contributed by atoms with Crippen molar-refractivity contribution in [1.29, 1.82) is 0 Å². The zero-order chi connectivity index (χ0) is 14.4. The standard InChI is InChI=1S/C17H18O3/c1-13-7-3-4-8-14(13)11-17(18)20-12-15-9-5-6-10-16(15)19-2/h3-10H,11-12H2,1-2H3. The zero-order valence-corrected chi connectivity index (χ0v) is 11.8. The number of hydrogen-bond acceptors (Lipinski definition) is 3. The summed E-state index contributed by atoms with van der Waals surface area (Å²) in [5.74, 6) is 0.501. The Labute approximate surface area is 119 Å². The maximum atomic E-state index is 11.9. The molecule has 0 saturated heterocycles. The van der Waals surface area contributed by atoms with Gasteiger partial charge < -0.3 is 9.47 Å². The molecule has 0 aliphatic rings. The van der Waals surface area contributed by atoms with Gasteiger partial charge in [0.25, 0.3) is 0 Å². The van der Waals surface area contributed by atoms with Crippen LogP contribution in [0.25, 0.3) is 0 Å². The van der Waals surface area contributed by atoms with E-state index in [1.807, 2.05) is 55.5 Å². The van der Waals surface area contributed by atoms with E-state index < -0.39 is 0 Å². The van der Waals surface area contributed by atoms with Crippen LogP contribution in [0.4, 0.5) is 0 Å². The van der Waals surface area contributed by atoms with Gasteiger partial charge in [-0.25, -0.2) is 0 Å². The number of carbonyl (C=O) groups is 1. The van der Waals surface area contributed by atoms with E-state index in [0.717, 1.165) is 22.4 Å². The predicted molar refractivity (Wildman–Crippen MR) is 77.7 cm³/mol. The van der Waals surface area contributed by atoms with E-state index >= 15 is 0 Å². The van der Waals surface area contributed by atoms with Crippen LogP contribution in [0.2, 0.25) is 0 Å². The Morgan fingerprint density at radius 3 is 2.35 bits per heavy atom. The predicted octanol–water partition coefficient (Wildman–Crippen LogP) is 3.29. The molecule has 3 nitrogen and oxygen atoms in total. The summed E-state index contributed by atoms with van der Waals surface area (Å²) < 4.78 is 10.5. The van der Waals surface area contributed by atoms with Crippen molar-refractivity contribution >= 4 is 5.97 Å². The number of methoxy groups -OCH3 is 1. The molecule has 0 aliphatic carbocycles. The average Bonchev–Trinajstić information content (AvgIpc) is 2.48. The highest BCUT2D eigenvalue weighted by Crippen LogP contribution is 2.18. The normalized spacial score (nSPS) is 10.1. The number of esters is 1. The first-order chi connectivity index (χ1) is 9.70. The van der Waals surface area contributed by atoms with Crippen LogP contribution in [-0.2, 0) is 22.6 Å². The fourth-order valence-corrected chi connectivity index (χ4v) is 2.00. The Balaban J connectivity index is 1.94. The van der Waals surface area contributed by atoms with Gasteiger partial charge in [-0.15, -0.1) is 0 Å². The van der Waals surface area contributed by atoms with Gasteiger partial charge in [0, 0.05) is 5.56 Å². The topological polar surface area (TPSA) is 35.5 Å². The largest absolute Gasteiger partial charge is 0.496 e. The molecule has 2 aromatic rings. The summed E-state index contributed by atoms with van der Waals surface area (Å²) in [5, 5.41) is 0. The van der Waals surface area contributed by atoms with Gasteiger partial charge in [-0.2, -0.15) is 0 Å². The maximum absolute atomic E-state index is 11.9. The Hall–Kier alpha value is -2.29. The number of para-hydroxylation sites is 1. The van der Waals surface area contributed by atoms with E-state index in [4.69, 9.17) is 9.47 Å². The van der Waals surface area contributed by atoms with Gasteiger partial charge in [-0.05, 0) is 24.1 Å². The molecule has 0 radical (unpaired) electrons. The summed E-state index contributed by atoms with van der Waals surface area (Å²) in [6.45, 7) is 2.22. The van der Waals surface area contributed by atoms with Gasteiger partial charge >= 0.3 is 5.97 Å². The maximum Gasteiger partial charge on any atom is 0.310 e. The molecule has 0 amide bonds. The Morgan fingerprint density at radius 1 is 1.00 bits per heavy atom. The number of rotatable bonds is 5. The molecule has 0 unspecified atom stereocenters. The third kappa shape index (κ3) is 3.60. The third-order valence-corrected chi connectivity index (χ3v) is 3.18. The Kier molecular flexibility index (Phi) is 4.77. The van der Waals surface area contributed by atoms with E-state index in [9.17, 15) is 4.79 Å². The van der Waals surface area contributed by atoms with Gasteiger partial charge in [0.1, 0.15) is 12.4 Å². The monoisotopic (exact) mass is 270 g/mol. The van der Waals surface area contributed by atoms with Crippen molar-refractivity contribution in [3.05, 3.63) is 65.2 Å². The van der Waals surface area contributed by atoms with Gasteiger partial charge in [-0.1, -0.05) is 42.5 Å². The second-order valence-corrected chi connectivity index (χ2v) is 4.58. The van der Waals surface area contributed by atoms with Crippen molar-refractivity contribution in [2.75, 3.05) is 7.11 Å². The first-order valence-electron chi connectivity index (χ1n) is 6.52. The Bertz CT molecular complexity index is 590. The Morgan fingerprint density at radius 2 is 1.65 bits per heavy atom. The van der Waals surface area contributed by atoms with Crippen LogP contribution in [0.5, 0.6) is 5.75 Å². The molecule has 2 rings (SSSR count). The molecule has 0 saturated carbocycles. The quantitative estimate of drug-likeness (QED) is 0.782. The van der Waals surface area contributed by atoms with Crippen molar-refractivity contribution < 1.29 is 14.3 Å². The molecular formula is C17H18O3. The third-order valence-electron chi connectivity index (χ3n) is 3.18. The van der Waals surface area contributed by atoms with E-state index in [2.05, 4.69) is 0 Å². The summed E-state index contributed by atoms with van der Waals surface area (Å²) in [6.07, 6.45) is 0.293. The summed E-state index contributed by atoms with van der Waals surface area (Å²) in [4.78, 5) is 11.9. The fourth-order valence-electron chi connectivity index (χ4n) is 2.00. The first kappa shape index (κ1) is 14.1. The average molecular weight is 270 g/mol. The van der Waals surface area contributed by atoms with Crippen LogP contribution in [0.15, 0.2) is 48.5 Å². The molecule has 2 aromatic carbocycles. The summed E-state index contributed by atoms with van der Waals surface area (Å²) in [5.41, 5.74) is 2.97. The SMILES string of the molecule is COc1ccccc1COC(=O)Cc1ccccc1C. The van der Waals surface area contributed by atoms with Crippen LogP contribution in [0.1, 0.15) is 16.7 Å². The molecular weight excluding hydrogens is 252 g/mol. The highest BCUT2D eigenvalue weighted by Gasteiger charge is 2.09. The van der Waals surface area contributed by atoms with E-state index in [-0.39, 0.29) is 12.6 Å². The van der Waals surface area contributed by atoms with E-state index in [0.29, 0.717) is 6.42 Å². The number of carbonyl (C=O) groups excluding carboxylic acids is 1. The first-order valence-corrected chi connectivity index (χ1v) is 6.52. The minimum Gasteiger partial charge on any atom is -0.496 e. The second-order valence-electron chi connectivity index (χ2n) is 4.58. The van der Waals surface area contributed by atoms with E-state index in [1.165, 1.54) is 0 Å². The minimum atomic E-state index is -0.231. The molecule has 0 spiro atoms. The van der Waals surface area contributed by atoms with Crippen LogP contribution in [0.3, 0.4) is 0 Å². The number of benzene rings is 2. The molecule has 0 atom stereocenters. The lowest BCUT2D eigenvalue weighted by Crippen LogP contribution is -2.09. The molecule has 0 fully saturated rings. The molecule has 0 N–H and O–H groups in total. The van der Waals surface area contributed by atoms with Crippen molar-refractivity contribution in [2.45, 2.75) is 20.0 Å². The highest BCUT2D eigenvalue weighted by molar-refractivity contribution is 5.73. The van der Waals surface area contributed by atoms with Crippen molar-refractivity contribution in [3.63, 3.8) is 0 Å². The molecule has 0 aromatic heterocycles. The van der Waals surface area contributed by atoms with Gasteiger partial charge in [-0.3, -0.25) is 4.79 Å². The lowest BCUT2D eigenvalue weighted by molar-refractivity contribution is -0.144. The van der Waals surface area contributed by atoms with Crippen LogP contribution in [-0.4, -0.2) is 13.1 Å². The van der Waals surface area contributed by atoms with E-state index in [1.54, 1.807) is 7.11 Å². The molecule has 0 heterocycles. The molecule has 0 bridgehead atoms. The molecule has 0 aliphatic heterocycles. The minimum absolute atomic E-state index is 0.231. The molecule has 104 valence electrons. The molecule has 20 heavy (non-hydrogen) atoms. The van der Waals surface area contributed by atoms with Crippen LogP contribution >= 0.6 is 0 Å². The van der Waals surface area contributed by atoms with Gasteiger partial charge in [0.15, 0.2) is 0 Å². The van der Waals surface area contributed by atoms with Gasteiger partial charge in [0.05, 0.1) is 13.5 Å². The smallest absolute Gasteiger partial charge is 0.310 e. The van der Waals surface area contributed by atoms with Crippen LogP contribution < -0.4 is 4.74 Å². The number of hydrogen-bond donors (Lipinski definition) is 0.